The fraction of sp³-hybridized carbons (Fsp3) is 0.759. The van der Waals surface area contributed by atoms with E-state index in [-0.39, 0.29) is 7.43 Å². The van der Waals surface area contributed by atoms with Gasteiger partial charge in [0, 0.05) is 19.6 Å². The highest BCUT2D eigenvalue weighted by Gasteiger charge is 2.04. The minimum absolute atomic E-state index is 0. The van der Waals surface area contributed by atoms with E-state index in [4.69, 9.17) is 5.73 Å². The Bertz CT molecular complexity index is 361. The highest BCUT2D eigenvalue weighted by atomic mass is 15.3. The van der Waals surface area contributed by atoms with Crippen molar-refractivity contribution in [2.24, 2.45) is 5.73 Å². The Morgan fingerprint density at radius 1 is 0.636 bits per heavy atom. The summed E-state index contributed by atoms with van der Waals surface area (Å²) < 4.78 is 1.09. The Labute approximate surface area is 210 Å². The number of hydrogen-bond acceptors (Lipinski definition) is 3. The van der Waals surface area contributed by atoms with E-state index in [1.807, 2.05) is 12.2 Å². The summed E-state index contributed by atoms with van der Waals surface area (Å²) in [5.74, 6) is 0. The van der Waals surface area contributed by atoms with Crippen LogP contribution in [0.15, 0.2) is 38.0 Å². The second-order valence-corrected chi connectivity index (χ2v) is 9.41. The molecule has 0 fully saturated rings. The van der Waals surface area contributed by atoms with Crippen LogP contribution in [0, 0.1) is 7.43 Å². The maximum Gasteiger partial charge on any atom is 0.0780 e. The van der Waals surface area contributed by atoms with Gasteiger partial charge in [-0.1, -0.05) is 76.5 Å². The average Bonchev–Trinajstić information content (AvgIpc) is 2.77. The topological polar surface area (TPSA) is 50.1 Å². The first kappa shape index (κ1) is 39.3. The molecule has 0 saturated carbocycles. The van der Waals surface area contributed by atoms with Gasteiger partial charge in [0.1, 0.15) is 0 Å². The van der Waals surface area contributed by atoms with Crippen molar-refractivity contribution < 1.29 is 4.48 Å². The molecule has 0 rings (SSSR count). The summed E-state index contributed by atoms with van der Waals surface area (Å²) >= 11 is 0. The van der Waals surface area contributed by atoms with Gasteiger partial charge in [-0.15, -0.1) is 19.7 Å². The molecule has 4 heteroatoms. The molecule has 0 heterocycles. The van der Waals surface area contributed by atoms with Crippen molar-refractivity contribution in [1.29, 1.82) is 0 Å². The van der Waals surface area contributed by atoms with Gasteiger partial charge in [-0.25, -0.2) is 0 Å². The van der Waals surface area contributed by atoms with Crippen LogP contribution in [0.3, 0.4) is 0 Å². The van der Waals surface area contributed by atoms with E-state index in [0.29, 0.717) is 6.54 Å². The molecule has 0 aliphatic rings. The summed E-state index contributed by atoms with van der Waals surface area (Å²) in [5.41, 5.74) is 4.91. The van der Waals surface area contributed by atoms with Gasteiger partial charge in [0.2, 0.25) is 0 Å². The average molecular weight is 469 g/mol. The fourth-order valence-electron chi connectivity index (χ4n) is 2.98. The van der Waals surface area contributed by atoms with E-state index in [2.05, 4.69) is 58.4 Å². The lowest BCUT2D eigenvalue weighted by molar-refractivity contribution is -0.870. The lowest BCUT2D eigenvalue weighted by Gasteiger charge is -2.23. The molecule has 0 spiro atoms. The lowest BCUT2D eigenvalue weighted by atomic mass is 10.1. The number of quaternary nitrogens is 1. The van der Waals surface area contributed by atoms with Gasteiger partial charge in [0.05, 0.1) is 27.7 Å². The third kappa shape index (κ3) is 53.9. The third-order valence-electron chi connectivity index (χ3n) is 4.88. The molecule has 4 nitrogen and oxygen atoms in total. The zero-order valence-corrected chi connectivity index (χ0v) is 23.6. The first-order chi connectivity index (χ1) is 15.4. The van der Waals surface area contributed by atoms with Crippen LogP contribution in [-0.2, 0) is 0 Å². The first-order valence-corrected chi connectivity index (χ1v) is 13.1. The van der Waals surface area contributed by atoms with E-state index in [0.717, 1.165) is 30.7 Å². The highest BCUT2D eigenvalue weighted by molar-refractivity contribution is 4.69. The number of nitrogens with two attached hydrogens (primary N) is 1. The summed E-state index contributed by atoms with van der Waals surface area (Å²) in [6.45, 7) is 19.0. The Morgan fingerprint density at radius 3 is 1.33 bits per heavy atom. The number of hydrogen-bond donors (Lipinski definition) is 3. The molecule has 4 N–H and O–H groups in total. The zero-order chi connectivity index (χ0) is 24.8. The van der Waals surface area contributed by atoms with Gasteiger partial charge in [-0.3, -0.25) is 0 Å². The van der Waals surface area contributed by atoms with Crippen LogP contribution in [0.5, 0.6) is 0 Å². The molecule has 0 bridgehead atoms. The summed E-state index contributed by atoms with van der Waals surface area (Å²) in [5, 5.41) is 6.65. The first-order valence-electron chi connectivity index (χ1n) is 13.1. The summed E-state index contributed by atoms with van der Waals surface area (Å²) in [4.78, 5) is 0. The second-order valence-electron chi connectivity index (χ2n) is 9.41. The molecule has 0 amide bonds. The predicted octanol–water partition coefficient (Wildman–Crippen LogP) is 6.51. The van der Waals surface area contributed by atoms with Gasteiger partial charge < -0.3 is 28.3 Å². The quantitative estimate of drug-likeness (QED) is 0.0778. The highest BCUT2D eigenvalue weighted by Crippen LogP contribution is 2.07. The molecule has 0 atom stereocenters. The number of unbranched alkanes of at least 4 members (excludes halogenated alkanes) is 10. The van der Waals surface area contributed by atoms with Gasteiger partial charge >= 0.3 is 0 Å². The van der Waals surface area contributed by atoms with Gasteiger partial charge in [-0.05, 0) is 38.8 Å². The third-order valence-corrected chi connectivity index (χ3v) is 4.88. The Morgan fingerprint density at radius 2 is 1.00 bits per heavy atom. The van der Waals surface area contributed by atoms with E-state index < -0.39 is 0 Å². The molecular formula is C29H64N4. The van der Waals surface area contributed by atoms with Crippen molar-refractivity contribution in [2.75, 3.05) is 60.4 Å². The summed E-state index contributed by atoms with van der Waals surface area (Å²) in [6.07, 6.45) is 22.1. The maximum atomic E-state index is 4.91. The summed E-state index contributed by atoms with van der Waals surface area (Å²) in [6, 6.07) is 0. The van der Waals surface area contributed by atoms with E-state index >= 15 is 0 Å². The number of rotatable bonds is 21. The van der Waals surface area contributed by atoms with Crippen molar-refractivity contribution in [1.82, 2.24) is 10.6 Å². The molecule has 33 heavy (non-hydrogen) atoms. The summed E-state index contributed by atoms with van der Waals surface area (Å²) in [7, 11) is 6.77. The van der Waals surface area contributed by atoms with Gasteiger partial charge in [0.15, 0.2) is 0 Å². The van der Waals surface area contributed by atoms with Crippen molar-refractivity contribution in [2.45, 2.75) is 84.0 Å². The van der Waals surface area contributed by atoms with E-state index in [9.17, 15) is 0 Å². The van der Waals surface area contributed by atoms with E-state index in [1.165, 1.54) is 83.6 Å². The monoisotopic (exact) mass is 469 g/mol. The molecule has 0 saturated heterocycles. The zero-order valence-electron chi connectivity index (χ0n) is 23.6. The van der Waals surface area contributed by atoms with E-state index in [1.54, 1.807) is 6.08 Å². The smallest absolute Gasteiger partial charge is 0.0780 e. The van der Waals surface area contributed by atoms with Crippen LogP contribution in [0.1, 0.15) is 84.0 Å². The van der Waals surface area contributed by atoms with Gasteiger partial charge in [-0.2, -0.15) is 0 Å². The van der Waals surface area contributed by atoms with Crippen molar-refractivity contribution >= 4 is 0 Å². The van der Waals surface area contributed by atoms with Crippen LogP contribution >= 0.6 is 0 Å². The Kier molecular flexibility index (Phi) is 42.4. The van der Waals surface area contributed by atoms with Crippen molar-refractivity contribution in [3.63, 3.8) is 0 Å². The number of nitrogens with one attached hydrogen (secondary N) is 2. The van der Waals surface area contributed by atoms with Crippen LogP contribution in [0.25, 0.3) is 0 Å². The predicted molar refractivity (Wildman–Crippen MR) is 156 cm³/mol. The minimum atomic E-state index is 0. The van der Waals surface area contributed by atoms with Crippen LogP contribution < -0.4 is 16.4 Å². The van der Waals surface area contributed by atoms with Gasteiger partial charge in [0.25, 0.3) is 0 Å². The molecule has 0 aromatic carbocycles. The van der Waals surface area contributed by atoms with Crippen LogP contribution in [0.2, 0.25) is 0 Å². The normalized spacial score (nSPS) is 10.1. The fourth-order valence-corrected chi connectivity index (χ4v) is 2.98. The SMILES string of the molecule is C=CCN.C=CCNCCCCCCCCCC.C=CCNCCCCCC[N+](C)(C)C.[CH3-]. The molecule has 0 aromatic rings. The minimum Gasteiger partial charge on any atom is -0.358 e. The lowest BCUT2D eigenvalue weighted by Crippen LogP contribution is -2.35. The molecule has 0 radical (unpaired) electrons. The molecule has 0 aliphatic carbocycles. The molecule has 0 unspecified atom stereocenters. The van der Waals surface area contributed by atoms with Crippen LogP contribution in [0.4, 0.5) is 0 Å². The van der Waals surface area contributed by atoms with Crippen LogP contribution in [-0.4, -0.2) is 64.9 Å². The maximum absolute atomic E-state index is 4.91. The van der Waals surface area contributed by atoms with Crippen molar-refractivity contribution in [3.8, 4) is 0 Å². The molecular weight excluding hydrogens is 404 g/mol. The number of nitrogens with zero attached hydrogens (tertiary/aromatic N) is 1. The molecule has 0 aromatic heterocycles. The Hall–Kier alpha value is -0.940. The Balaban J connectivity index is -0.000000213. The van der Waals surface area contributed by atoms with Crippen molar-refractivity contribution in [3.05, 3.63) is 45.4 Å². The molecule has 200 valence electrons. The second kappa shape index (κ2) is 35.6. The molecule has 0 aliphatic heterocycles. The standard InChI is InChI=1S/C13H27N.C12H27N2.C3H7N.CH3/c1-3-5-6-7-8-9-10-11-13-14-12-4-2;1-5-10-13-11-8-6-7-9-12-14(2,3)4;1-2-3-4;/h4,14H,2-3,5-13H2,1H3;5,13H,1,6-12H2,2-4H3;2H,1,3-4H2;1H3/q;+1;;-1. The largest absolute Gasteiger partial charge is 0.358 e.